The van der Waals surface area contributed by atoms with E-state index in [0.29, 0.717) is 11.6 Å². The van der Waals surface area contributed by atoms with E-state index >= 15 is 0 Å². The van der Waals surface area contributed by atoms with Gasteiger partial charge in [-0.3, -0.25) is 9.78 Å². The van der Waals surface area contributed by atoms with E-state index in [1.807, 2.05) is 0 Å². The van der Waals surface area contributed by atoms with Crippen molar-refractivity contribution in [3.8, 4) is 0 Å². The van der Waals surface area contributed by atoms with Gasteiger partial charge in [-0.25, -0.2) is 0 Å². The second-order valence-electron chi connectivity index (χ2n) is 3.91. The van der Waals surface area contributed by atoms with Gasteiger partial charge in [0.2, 0.25) is 0 Å². The summed E-state index contributed by atoms with van der Waals surface area (Å²) in [6.45, 7) is 0. The van der Waals surface area contributed by atoms with Gasteiger partial charge in [-0.2, -0.15) is 0 Å². The first-order chi connectivity index (χ1) is 7.27. The SMILES string of the molecule is NC(=O)c1ccncc1NC1CCCC1. The van der Waals surface area contributed by atoms with E-state index in [2.05, 4.69) is 10.3 Å². The fourth-order valence-corrected chi connectivity index (χ4v) is 2.01. The van der Waals surface area contributed by atoms with Crippen LogP contribution in [0.2, 0.25) is 0 Å². The third kappa shape index (κ3) is 2.26. The Kier molecular flexibility index (Phi) is 2.85. The van der Waals surface area contributed by atoms with Crippen LogP contribution in [0.1, 0.15) is 36.0 Å². The Morgan fingerprint density at radius 1 is 1.47 bits per heavy atom. The van der Waals surface area contributed by atoms with Crippen molar-refractivity contribution in [3.05, 3.63) is 24.0 Å². The average molecular weight is 205 g/mol. The molecule has 0 bridgehead atoms. The Labute approximate surface area is 88.9 Å². The predicted octanol–water partition coefficient (Wildman–Crippen LogP) is 1.53. The summed E-state index contributed by atoms with van der Waals surface area (Å²) in [7, 11) is 0. The molecule has 15 heavy (non-hydrogen) atoms. The van der Waals surface area contributed by atoms with Gasteiger partial charge in [0.1, 0.15) is 0 Å². The van der Waals surface area contributed by atoms with Gasteiger partial charge in [0.25, 0.3) is 5.91 Å². The van der Waals surface area contributed by atoms with Gasteiger partial charge in [-0.05, 0) is 18.9 Å². The Morgan fingerprint density at radius 2 is 2.20 bits per heavy atom. The third-order valence-electron chi connectivity index (χ3n) is 2.80. The Morgan fingerprint density at radius 3 is 2.87 bits per heavy atom. The van der Waals surface area contributed by atoms with E-state index in [0.717, 1.165) is 18.5 Å². The Balaban J connectivity index is 2.15. The van der Waals surface area contributed by atoms with Crippen LogP contribution in [0.15, 0.2) is 18.5 Å². The van der Waals surface area contributed by atoms with Crippen molar-refractivity contribution in [1.82, 2.24) is 4.98 Å². The van der Waals surface area contributed by atoms with Crippen LogP contribution in [-0.2, 0) is 0 Å². The number of rotatable bonds is 3. The minimum absolute atomic E-state index is 0.405. The molecule has 1 aromatic heterocycles. The van der Waals surface area contributed by atoms with Gasteiger partial charge >= 0.3 is 0 Å². The summed E-state index contributed by atoms with van der Waals surface area (Å²) in [4.78, 5) is 15.1. The highest BCUT2D eigenvalue weighted by atomic mass is 16.1. The number of nitrogens with two attached hydrogens (primary N) is 1. The van der Waals surface area contributed by atoms with Gasteiger partial charge in [0, 0.05) is 12.2 Å². The van der Waals surface area contributed by atoms with Crippen molar-refractivity contribution in [2.75, 3.05) is 5.32 Å². The maximum Gasteiger partial charge on any atom is 0.250 e. The van der Waals surface area contributed by atoms with Crippen LogP contribution in [0.3, 0.4) is 0 Å². The molecule has 0 aromatic carbocycles. The number of carbonyl (C=O) groups excluding carboxylic acids is 1. The number of aromatic nitrogens is 1. The van der Waals surface area contributed by atoms with E-state index in [1.54, 1.807) is 18.5 Å². The molecule has 1 aliphatic carbocycles. The molecule has 1 saturated carbocycles. The number of primary amides is 1. The van der Waals surface area contributed by atoms with Crippen molar-refractivity contribution < 1.29 is 4.79 Å². The van der Waals surface area contributed by atoms with Crippen LogP contribution in [0.25, 0.3) is 0 Å². The summed E-state index contributed by atoms with van der Waals surface area (Å²) in [6, 6.07) is 2.12. The van der Waals surface area contributed by atoms with E-state index in [9.17, 15) is 4.79 Å². The highest BCUT2D eigenvalue weighted by Crippen LogP contribution is 2.23. The van der Waals surface area contributed by atoms with E-state index in [1.165, 1.54) is 12.8 Å². The summed E-state index contributed by atoms with van der Waals surface area (Å²) in [5.41, 5.74) is 6.57. The molecule has 2 rings (SSSR count). The molecule has 4 heteroatoms. The molecule has 0 unspecified atom stereocenters. The monoisotopic (exact) mass is 205 g/mol. The van der Waals surface area contributed by atoms with Gasteiger partial charge in [-0.1, -0.05) is 12.8 Å². The fraction of sp³-hybridized carbons (Fsp3) is 0.455. The molecule has 0 aliphatic heterocycles. The van der Waals surface area contributed by atoms with Gasteiger partial charge in [-0.15, -0.1) is 0 Å². The lowest BCUT2D eigenvalue weighted by Gasteiger charge is -2.14. The number of hydrogen-bond acceptors (Lipinski definition) is 3. The molecular formula is C11H15N3O. The highest BCUT2D eigenvalue weighted by Gasteiger charge is 2.17. The number of carbonyl (C=O) groups is 1. The smallest absolute Gasteiger partial charge is 0.250 e. The zero-order valence-electron chi connectivity index (χ0n) is 8.57. The maximum atomic E-state index is 11.1. The molecule has 1 aromatic rings. The standard InChI is InChI=1S/C11H15N3O/c12-11(15)9-5-6-13-7-10(9)14-8-3-1-2-4-8/h5-8,14H,1-4H2,(H2,12,15). The Bertz CT molecular complexity index is 359. The third-order valence-corrected chi connectivity index (χ3v) is 2.80. The van der Waals surface area contributed by atoms with Gasteiger partial charge < -0.3 is 11.1 Å². The molecule has 1 heterocycles. The normalized spacial score (nSPS) is 16.5. The van der Waals surface area contributed by atoms with E-state index in [4.69, 9.17) is 5.73 Å². The number of amides is 1. The van der Waals surface area contributed by atoms with E-state index < -0.39 is 5.91 Å². The minimum atomic E-state index is -0.405. The summed E-state index contributed by atoms with van der Waals surface area (Å²) >= 11 is 0. The minimum Gasteiger partial charge on any atom is -0.380 e. The number of hydrogen-bond donors (Lipinski definition) is 2. The van der Waals surface area contributed by atoms with E-state index in [-0.39, 0.29) is 0 Å². The fourth-order valence-electron chi connectivity index (χ4n) is 2.01. The second kappa shape index (κ2) is 4.29. The molecular weight excluding hydrogens is 190 g/mol. The lowest BCUT2D eigenvalue weighted by atomic mass is 10.2. The lowest BCUT2D eigenvalue weighted by molar-refractivity contribution is 0.100. The van der Waals surface area contributed by atoms with Crippen LogP contribution < -0.4 is 11.1 Å². The van der Waals surface area contributed by atoms with Gasteiger partial charge in [0.05, 0.1) is 17.4 Å². The zero-order valence-corrected chi connectivity index (χ0v) is 8.57. The summed E-state index contributed by atoms with van der Waals surface area (Å²) in [6.07, 6.45) is 8.08. The predicted molar refractivity (Wildman–Crippen MR) is 58.6 cm³/mol. The van der Waals surface area contributed by atoms with Crippen LogP contribution in [-0.4, -0.2) is 16.9 Å². The summed E-state index contributed by atoms with van der Waals surface area (Å²) < 4.78 is 0. The quantitative estimate of drug-likeness (QED) is 0.786. The summed E-state index contributed by atoms with van der Waals surface area (Å²) in [5, 5.41) is 3.33. The van der Waals surface area contributed by atoms with Crippen LogP contribution in [0.4, 0.5) is 5.69 Å². The van der Waals surface area contributed by atoms with Crippen LogP contribution >= 0.6 is 0 Å². The molecule has 0 atom stereocenters. The number of nitrogens with one attached hydrogen (secondary N) is 1. The summed E-state index contributed by atoms with van der Waals surface area (Å²) in [5.74, 6) is -0.405. The topological polar surface area (TPSA) is 68.0 Å². The maximum absolute atomic E-state index is 11.1. The molecule has 0 saturated heterocycles. The van der Waals surface area contributed by atoms with Crippen molar-refractivity contribution >= 4 is 11.6 Å². The molecule has 1 aliphatic rings. The molecule has 1 fully saturated rings. The Hall–Kier alpha value is -1.58. The second-order valence-corrected chi connectivity index (χ2v) is 3.91. The van der Waals surface area contributed by atoms with Crippen LogP contribution in [0, 0.1) is 0 Å². The molecule has 80 valence electrons. The lowest BCUT2D eigenvalue weighted by Crippen LogP contribution is -2.19. The first-order valence-electron chi connectivity index (χ1n) is 5.28. The highest BCUT2D eigenvalue weighted by molar-refractivity contribution is 5.98. The van der Waals surface area contributed by atoms with Crippen molar-refractivity contribution in [3.63, 3.8) is 0 Å². The van der Waals surface area contributed by atoms with Crippen molar-refractivity contribution in [2.24, 2.45) is 5.73 Å². The zero-order chi connectivity index (χ0) is 10.7. The first-order valence-corrected chi connectivity index (χ1v) is 5.28. The average Bonchev–Trinajstić information content (AvgIpc) is 2.71. The molecule has 4 nitrogen and oxygen atoms in total. The molecule has 0 radical (unpaired) electrons. The van der Waals surface area contributed by atoms with Gasteiger partial charge in [0.15, 0.2) is 0 Å². The molecule has 3 N–H and O–H groups in total. The number of anilines is 1. The molecule has 0 spiro atoms. The van der Waals surface area contributed by atoms with Crippen molar-refractivity contribution in [1.29, 1.82) is 0 Å². The largest absolute Gasteiger partial charge is 0.380 e. The first kappa shape index (κ1) is 9.96. The number of nitrogens with zero attached hydrogens (tertiary/aromatic N) is 1. The van der Waals surface area contributed by atoms with Crippen molar-refractivity contribution in [2.45, 2.75) is 31.7 Å². The molecule has 1 amide bonds. The number of pyridine rings is 1. The van der Waals surface area contributed by atoms with Crippen LogP contribution in [0.5, 0.6) is 0 Å².